The van der Waals surface area contributed by atoms with Crippen molar-refractivity contribution >= 4 is 8.03 Å². The first-order valence-corrected chi connectivity index (χ1v) is 5.77. The van der Waals surface area contributed by atoms with Crippen LogP contribution < -0.4 is 0 Å². The van der Waals surface area contributed by atoms with E-state index in [1.807, 2.05) is 6.92 Å². The maximum absolute atomic E-state index is 10.6. The second-order valence-corrected chi connectivity index (χ2v) is 5.29. The van der Waals surface area contributed by atoms with Crippen molar-refractivity contribution in [2.24, 2.45) is 0 Å². The van der Waals surface area contributed by atoms with E-state index in [0.717, 1.165) is 0 Å². The van der Waals surface area contributed by atoms with Crippen LogP contribution in [0.25, 0.3) is 0 Å². The summed E-state index contributed by atoms with van der Waals surface area (Å²) in [4.78, 5) is 8.76. The predicted octanol–water partition coefficient (Wildman–Crippen LogP) is 1.78. The van der Waals surface area contributed by atoms with Crippen LogP contribution in [0.5, 0.6) is 0 Å². The van der Waals surface area contributed by atoms with Gasteiger partial charge in [-0.25, -0.2) is 0 Å². The van der Waals surface area contributed by atoms with Crippen LogP contribution in [0.2, 0.25) is 0 Å². The van der Waals surface area contributed by atoms with Crippen LogP contribution in [0.1, 0.15) is 40.0 Å². The molecule has 4 heteroatoms. The van der Waals surface area contributed by atoms with E-state index in [2.05, 4.69) is 0 Å². The van der Waals surface area contributed by atoms with E-state index >= 15 is 0 Å². The maximum Gasteiger partial charge on any atom is 0.191 e. The van der Waals surface area contributed by atoms with Crippen molar-refractivity contribution in [3.8, 4) is 0 Å². The van der Waals surface area contributed by atoms with Gasteiger partial charge in [-0.3, -0.25) is 4.57 Å². The van der Waals surface area contributed by atoms with Gasteiger partial charge in [0.2, 0.25) is 0 Å². The third-order valence-corrected chi connectivity index (χ3v) is 3.43. The predicted molar refractivity (Wildman–Crippen MR) is 50.8 cm³/mol. The van der Waals surface area contributed by atoms with Gasteiger partial charge >= 0.3 is 0 Å². The van der Waals surface area contributed by atoms with Gasteiger partial charge in [-0.05, 0) is 26.2 Å². The third-order valence-electron chi connectivity index (χ3n) is 2.30. The summed E-state index contributed by atoms with van der Waals surface area (Å²) in [5, 5.41) is 9.58. The molecule has 0 amide bonds. The highest BCUT2D eigenvalue weighted by Gasteiger charge is 2.19. The lowest BCUT2D eigenvalue weighted by Gasteiger charge is -2.22. The summed E-state index contributed by atoms with van der Waals surface area (Å²) in [5.41, 5.74) is -0.848. The van der Waals surface area contributed by atoms with Crippen LogP contribution in [0.15, 0.2) is 0 Å². The van der Waals surface area contributed by atoms with Crippen LogP contribution in [-0.4, -0.2) is 21.3 Å². The van der Waals surface area contributed by atoms with Gasteiger partial charge in [0.15, 0.2) is 8.03 Å². The summed E-state index contributed by atoms with van der Waals surface area (Å²) in [6, 6.07) is 0. The van der Waals surface area contributed by atoms with Crippen molar-refractivity contribution in [2.75, 3.05) is 0 Å². The van der Waals surface area contributed by atoms with Gasteiger partial charge in [0, 0.05) is 5.66 Å². The minimum Gasteiger partial charge on any atom is -0.390 e. The van der Waals surface area contributed by atoms with Crippen molar-refractivity contribution in [2.45, 2.75) is 51.3 Å². The van der Waals surface area contributed by atoms with Gasteiger partial charge in [0.1, 0.15) is 0 Å². The zero-order valence-electron chi connectivity index (χ0n) is 8.00. The van der Waals surface area contributed by atoms with Crippen LogP contribution in [-0.2, 0) is 4.57 Å². The summed E-state index contributed by atoms with van der Waals surface area (Å²) in [5.74, 6) is 0. The average Bonchev–Trinajstić information content (AvgIpc) is 2.00. The van der Waals surface area contributed by atoms with E-state index in [1.165, 1.54) is 0 Å². The quantitative estimate of drug-likeness (QED) is 0.656. The highest BCUT2D eigenvalue weighted by molar-refractivity contribution is 7.38. The Morgan fingerprint density at radius 3 is 2.42 bits per heavy atom. The summed E-state index contributed by atoms with van der Waals surface area (Å²) in [7, 11) is -2.40. The molecular formula is C8H19O3P. The minimum absolute atomic E-state index is 0.173. The first-order valence-electron chi connectivity index (χ1n) is 4.34. The second kappa shape index (κ2) is 5.00. The molecule has 0 rings (SSSR count). The smallest absolute Gasteiger partial charge is 0.191 e. The number of aliphatic hydroxyl groups is 1. The molecule has 0 aliphatic carbocycles. The Balaban J connectivity index is 3.75. The maximum atomic E-state index is 10.6. The van der Waals surface area contributed by atoms with Gasteiger partial charge < -0.3 is 10.00 Å². The summed E-state index contributed by atoms with van der Waals surface area (Å²) >= 11 is 0. The fourth-order valence-corrected chi connectivity index (χ4v) is 1.22. The largest absolute Gasteiger partial charge is 0.390 e. The Labute approximate surface area is 74.7 Å². The molecule has 0 aliphatic rings. The molecule has 0 spiro atoms. The summed E-state index contributed by atoms with van der Waals surface area (Å²) < 4.78 is 10.6. The van der Waals surface area contributed by atoms with Crippen LogP contribution in [0.3, 0.4) is 0 Å². The molecule has 0 aromatic carbocycles. The van der Waals surface area contributed by atoms with E-state index in [4.69, 9.17) is 4.89 Å². The molecule has 0 saturated heterocycles. The summed E-state index contributed by atoms with van der Waals surface area (Å²) in [6.45, 7) is 5.41. The lowest BCUT2D eigenvalue weighted by molar-refractivity contribution is 0.0449. The fourth-order valence-electron chi connectivity index (χ4n) is 0.828. The molecule has 0 radical (unpaired) electrons. The van der Waals surface area contributed by atoms with Crippen molar-refractivity contribution in [1.82, 2.24) is 0 Å². The van der Waals surface area contributed by atoms with Crippen LogP contribution >= 0.6 is 8.03 Å². The number of rotatable bonds is 5. The topological polar surface area (TPSA) is 57.5 Å². The van der Waals surface area contributed by atoms with Crippen molar-refractivity contribution in [3.05, 3.63) is 0 Å². The molecule has 74 valence electrons. The number of hydrogen-bond acceptors (Lipinski definition) is 2. The molecule has 0 heterocycles. The molecule has 0 saturated carbocycles. The second-order valence-electron chi connectivity index (χ2n) is 3.63. The van der Waals surface area contributed by atoms with Gasteiger partial charge in [-0.2, -0.15) is 0 Å². The summed E-state index contributed by atoms with van der Waals surface area (Å²) in [6.07, 6.45) is 1.91. The SMILES string of the molecule is CCC(C)(O)CCC(C)[PH](=O)O. The molecule has 0 bridgehead atoms. The normalized spacial score (nSPS) is 21.4. The van der Waals surface area contributed by atoms with E-state index < -0.39 is 13.6 Å². The van der Waals surface area contributed by atoms with E-state index in [1.54, 1.807) is 13.8 Å². The molecule has 12 heavy (non-hydrogen) atoms. The fraction of sp³-hybridized carbons (Fsp3) is 1.00. The first kappa shape index (κ1) is 12.2. The van der Waals surface area contributed by atoms with Gasteiger partial charge in [-0.15, -0.1) is 0 Å². The third kappa shape index (κ3) is 4.91. The molecule has 0 aromatic rings. The Kier molecular flexibility index (Phi) is 5.07. The minimum atomic E-state index is -2.40. The lowest BCUT2D eigenvalue weighted by Crippen LogP contribution is -2.23. The zero-order valence-corrected chi connectivity index (χ0v) is 9.00. The van der Waals surface area contributed by atoms with Gasteiger partial charge in [0.25, 0.3) is 0 Å². The van der Waals surface area contributed by atoms with E-state index in [0.29, 0.717) is 19.3 Å². The van der Waals surface area contributed by atoms with Gasteiger partial charge in [-0.1, -0.05) is 13.8 Å². The molecule has 3 nitrogen and oxygen atoms in total. The van der Waals surface area contributed by atoms with Crippen LogP contribution in [0, 0.1) is 0 Å². The van der Waals surface area contributed by atoms with Crippen molar-refractivity contribution in [3.63, 3.8) is 0 Å². The Morgan fingerprint density at radius 1 is 1.58 bits per heavy atom. The molecular weight excluding hydrogens is 175 g/mol. The Hall–Kier alpha value is 0.150. The van der Waals surface area contributed by atoms with Crippen LogP contribution in [0.4, 0.5) is 0 Å². The molecule has 0 aromatic heterocycles. The van der Waals surface area contributed by atoms with E-state index in [-0.39, 0.29) is 5.66 Å². The Morgan fingerprint density at radius 2 is 2.08 bits per heavy atom. The lowest BCUT2D eigenvalue weighted by atomic mass is 9.96. The number of hydrogen-bond donors (Lipinski definition) is 2. The Bertz CT molecular complexity index is 156. The highest BCUT2D eigenvalue weighted by atomic mass is 31.1. The molecule has 3 atom stereocenters. The zero-order chi connectivity index (χ0) is 9.78. The van der Waals surface area contributed by atoms with E-state index in [9.17, 15) is 9.67 Å². The highest BCUT2D eigenvalue weighted by Crippen LogP contribution is 2.28. The van der Waals surface area contributed by atoms with Crippen molar-refractivity contribution in [1.29, 1.82) is 0 Å². The monoisotopic (exact) mass is 194 g/mol. The molecule has 3 unspecified atom stereocenters. The van der Waals surface area contributed by atoms with Crippen molar-refractivity contribution < 1.29 is 14.6 Å². The molecule has 0 aliphatic heterocycles. The average molecular weight is 194 g/mol. The first-order chi connectivity index (χ1) is 5.39. The van der Waals surface area contributed by atoms with Gasteiger partial charge in [0.05, 0.1) is 5.60 Å². The standard InChI is InChI=1S/C8H19O3P/c1-4-8(3,9)6-5-7(2)12(10)11/h7,9,12H,4-6H2,1-3H3,(H,10,11). The molecule has 2 N–H and O–H groups in total. The molecule has 0 fully saturated rings.